The van der Waals surface area contributed by atoms with Crippen molar-refractivity contribution >= 4 is 21.6 Å². The van der Waals surface area contributed by atoms with E-state index in [1.807, 2.05) is 31.2 Å². The van der Waals surface area contributed by atoms with Crippen LogP contribution in [0.4, 0.5) is 5.69 Å². The SMILES string of the molecule is CCCCN(CC(=O)Nc1ccc(CC)cc1)S(C)(=O)=O. The highest BCUT2D eigenvalue weighted by molar-refractivity contribution is 7.88. The molecule has 0 fully saturated rings. The monoisotopic (exact) mass is 312 g/mol. The first kappa shape index (κ1) is 17.7. The quantitative estimate of drug-likeness (QED) is 0.800. The van der Waals surface area contributed by atoms with Crippen LogP contribution in [-0.2, 0) is 21.2 Å². The van der Waals surface area contributed by atoms with Crippen molar-refractivity contribution in [2.24, 2.45) is 0 Å². The van der Waals surface area contributed by atoms with Gasteiger partial charge in [0.15, 0.2) is 0 Å². The highest BCUT2D eigenvalue weighted by Crippen LogP contribution is 2.10. The van der Waals surface area contributed by atoms with Gasteiger partial charge in [-0.05, 0) is 30.5 Å². The lowest BCUT2D eigenvalue weighted by atomic mass is 10.1. The molecule has 0 bridgehead atoms. The molecule has 0 saturated carbocycles. The summed E-state index contributed by atoms with van der Waals surface area (Å²) in [5.41, 5.74) is 1.87. The topological polar surface area (TPSA) is 66.5 Å². The third-order valence-electron chi connectivity index (χ3n) is 3.20. The van der Waals surface area contributed by atoms with Crippen LogP contribution in [0.2, 0.25) is 0 Å². The summed E-state index contributed by atoms with van der Waals surface area (Å²) >= 11 is 0. The molecule has 5 nitrogen and oxygen atoms in total. The van der Waals surface area contributed by atoms with Crippen LogP contribution in [0.3, 0.4) is 0 Å². The first-order valence-corrected chi connectivity index (χ1v) is 9.05. The number of amides is 1. The molecule has 1 rings (SSSR count). The molecule has 0 atom stereocenters. The minimum atomic E-state index is -3.36. The van der Waals surface area contributed by atoms with Crippen LogP contribution in [0.5, 0.6) is 0 Å². The molecular weight excluding hydrogens is 288 g/mol. The molecule has 0 aliphatic rings. The standard InChI is InChI=1S/C15H24N2O3S/c1-4-6-11-17(21(3,19)20)12-15(18)16-14-9-7-13(5-2)8-10-14/h7-10H,4-6,11-12H2,1-3H3,(H,16,18). The van der Waals surface area contributed by atoms with E-state index >= 15 is 0 Å². The molecule has 0 aliphatic heterocycles. The lowest BCUT2D eigenvalue weighted by molar-refractivity contribution is -0.116. The Labute approximate surface area is 127 Å². The number of hydrogen-bond acceptors (Lipinski definition) is 3. The molecule has 0 unspecified atom stereocenters. The maximum Gasteiger partial charge on any atom is 0.239 e. The zero-order chi connectivity index (χ0) is 15.9. The Morgan fingerprint density at radius 2 is 1.81 bits per heavy atom. The van der Waals surface area contributed by atoms with E-state index in [1.54, 1.807) is 0 Å². The Hall–Kier alpha value is -1.40. The molecule has 0 heterocycles. The van der Waals surface area contributed by atoms with Crippen LogP contribution in [0, 0.1) is 0 Å². The molecule has 21 heavy (non-hydrogen) atoms. The number of benzene rings is 1. The number of nitrogens with one attached hydrogen (secondary N) is 1. The van der Waals surface area contributed by atoms with Gasteiger partial charge in [0.1, 0.15) is 0 Å². The Bertz CT molecular complexity index is 553. The predicted molar refractivity (Wildman–Crippen MR) is 85.8 cm³/mol. The maximum absolute atomic E-state index is 12.0. The molecule has 1 amide bonds. The fraction of sp³-hybridized carbons (Fsp3) is 0.533. The van der Waals surface area contributed by atoms with E-state index in [1.165, 1.54) is 9.87 Å². The van der Waals surface area contributed by atoms with Gasteiger partial charge in [-0.2, -0.15) is 4.31 Å². The predicted octanol–water partition coefficient (Wildman–Crippen LogP) is 2.25. The number of anilines is 1. The number of sulfonamides is 1. The van der Waals surface area contributed by atoms with E-state index in [4.69, 9.17) is 0 Å². The van der Waals surface area contributed by atoms with Crippen molar-refractivity contribution in [1.29, 1.82) is 0 Å². The summed E-state index contributed by atoms with van der Waals surface area (Å²) in [6.45, 7) is 4.27. The second-order valence-electron chi connectivity index (χ2n) is 5.05. The van der Waals surface area contributed by atoms with Gasteiger partial charge >= 0.3 is 0 Å². The zero-order valence-corrected chi connectivity index (χ0v) is 13.7. The van der Waals surface area contributed by atoms with Gasteiger partial charge in [0.2, 0.25) is 15.9 Å². The smallest absolute Gasteiger partial charge is 0.239 e. The van der Waals surface area contributed by atoms with Crippen molar-refractivity contribution in [1.82, 2.24) is 4.31 Å². The molecule has 1 aromatic carbocycles. The number of carbonyl (C=O) groups is 1. The molecular formula is C15H24N2O3S. The van der Waals surface area contributed by atoms with Gasteiger partial charge in [-0.15, -0.1) is 0 Å². The molecule has 0 aliphatic carbocycles. The zero-order valence-electron chi connectivity index (χ0n) is 12.9. The van der Waals surface area contributed by atoms with Crippen molar-refractivity contribution in [2.45, 2.75) is 33.1 Å². The number of unbranched alkanes of at least 4 members (excludes halogenated alkanes) is 1. The maximum atomic E-state index is 12.0. The first-order valence-electron chi connectivity index (χ1n) is 7.20. The van der Waals surface area contributed by atoms with E-state index in [9.17, 15) is 13.2 Å². The summed E-state index contributed by atoms with van der Waals surface area (Å²) in [5.74, 6) is -0.319. The number of aryl methyl sites for hydroxylation is 1. The van der Waals surface area contributed by atoms with Crippen LogP contribution in [-0.4, -0.2) is 38.0 Å². The second-order valence-corrected chi connectivity index (χ2v) is 7.03. The van der Waals surface area contributed by atoms with Gasteiger partial charge in [-0.25, -0.2) is 8.42 Å². The molecule has 0 saturated heterocycles. The number of rotatable bonds is 8. The van der Waals surface area contributed by atoms with Gasteiger partial charge in [0.05, 0.1) is 12.8 Å². The number of hydrogen-bond donors (Lipinski definition) is 1. The largest absolute Gasteiger partial charge is 0.325 e. The summed E-state index contributed by atoms with van der Waals surface area (Å²) < 4.78 is 24.5. The van der Waals surface area contributed by atoms with Crippen molar-refractivity contribution in [3.05, 3.63) is 29.8 Å². The van der Waals surface area contributed by atoms with Crippen molar-refractivity contribution in [2.75, 3.05) is 24.7 Å². The van der Waals surface area contributed by atoms with Crippen molar-refractivity contribution in [3.8, 4) is 0 Å². The molecule has 1 aromatic rings. The number of nitrogens with zero attached hydrogens (tertiary/aromatic N) is 1. The van der Waals surface area contributed by atoms with E-state index < -0.39 is 10.0 Å². The van der Waals surface area contributed by atoms with Gasteiger partial charge in [-0.3, -0.25) is 4.79 Å². The molecule has 0 spiro atoms. The summed E-state index contributed by atoms with van der Waals surface area (Å²) in [7, 11) is -3.36. The molecule has 1 N–H and O–H groups in total. The van der Waals surface area contributed by atoms with Crippen LogP contribution in [0.15, 0.2) is 24.3 Å². The Morgan fingerprint density at radius 3 is 2.29 bits per heavy atom. The van der Waals surface area contributed by atoms with Crippen LogP contribution in [0.25, 0.3) is 0 Å². The fourth-order valence-electron chi connectivity index (χ4n) is 1.88. The van der Waals surface area contributed by atoms with Crippen LogP contribution >= 0.6 is 0 Å². The van der Waals surface area contributed by atoms with Gasteiger partial charge in [0, 0.05) is 12.2 Å². The Kier molecular flexibility index (Phi) is 6.84. The van der Waals surface area contributed by atoms with E-state index in [0.717, 1.165) is 25.5 Å². The average Bonchev–Trinajstić information content (AvgIpc) is 2.43. The van der Waals surface area contributed by atoms with Crippen molar-refractivity contribution in [3.63, 3.8) is 0 Å². The minimum Gasteiger partial charge on any atom is -0.325 e. The highest BCUT2D eigenvalue weighted by Gasteiger charge is 2.19. The summed E-state index contributed by atoms with van der Waals surface area (Å²) in [5, 5.41) is 2.73. The average molecular weight is 312 g/mol. The third-order valence-corrected chi connectivity index (χ3v) is 4.45. The summed E-state index contributed by atoms with van der Waals surface area (Å²) in [6.07, 6.45) is 3.69. The second kappa shape index (κ2) is 8.14. The third kappa shape index (κ3) is 6.27. The Balaban J connectivity index is 2.64. The van der Waals surface area contributed by atoms with E-state index in [-0.39, 0.29) is 12.5 Å². The lowest BCUT2D eigenvalue weighted by Gasteiger charge is -2.19. The lowest BCUT2D eigenvalue weighted by Crippen LogP contribution is -2.37. The van der Waals surface area contributed by atoms with Gasteiger partial charge in [0.25, 0.3) is 0 Å². The summed E-state index contributed by atoms with van der Waals surface area (Å²) in [4.78, 5) is 12.0. The summed E-state index contributed by atoms with van der Waals surface area (Å²) in [6, 6.07) is 7.54. The van der Waals surface area contributed by atoms with Gasteiger partial charge < -0.3 is 5.32 Å². The number of carbonyl (C=O) groups excluding carboxylic acids is 1. The molecule has 118 valence electrons. The molecule has 6 heteroatoms. The Morgan fingerprint density at radius 1 is 1.19 bits per heavy atom. The minimum absolute atomic E-state index is 0.144. The van der Waals surface area contributed by atoms with Crippen molar-refractivity contribution < 1.29 is 13.2 Å². The molecule has 0 aromatic heterocycles. The van der Waals surface area contributed by atoms with Gasteiger partial charge in [-0.1, -0.05) is 32.4 Å². The van der Waals surface area contributed by atoms with E-state index in [0.29, 0.717) is 12.2 Å². The first-order chi connectivity index (χ1) is 9.86. The van der Waals surface area contributed by atoms with Crippen LogP contribution < -0.4 is 5.32 Å². The van der Waals surface area contributed by atoms with E-state index in [2.05, 4.69) is 12.2 Å². The fourth-order valence-corrected chi connectivity index (χ4v) is 2.69. The van der Waals surface area contributed by atoms with Crippen LogP contribution in [0.1, 0.15) is 32.3 Å². The molecule has 0 radical (unpaired) electrons. The normalized spacial score (nSPS) is 11.6. The highest BCUT2D eigenvalue weighted by atomic mass is 32.2.